The van der Waals surface area contributed by atoms with Crippen molar-refractivity contribution in [2.45, 2.75) is 24.7 Å². The van der Waals surface area contributed by atoms with Crippen molar-refractivity contribution >= 4 is 13.7 Å². The number of hydrogen-bond donors (Lipinski definition) is 3. The molecule has 1 fully saturated rings. The summed E-state index contributed by atoms with van der Waals surface area (Å²) in [4.78, 5) is 22.8. The van der Waals surface area contributed by atoms with Gasteiger partial charge in [-0.15, -0.1) is 0 Å². The molecule has 0 aliphatic heterocycles. The van der Waals surface area contributed by atoms with Crippen molar-refractivity contribution in [1.29, 1.82) is 0 Å². The number of carbonyl (C=O) groups is 1. The van der Waals surface area contributed by atoms with Crippen molar-refractivity contribution < 1.29 is 38.1 Å². The summed E-state index contributed by atoms with van der Waals surface area (Å²) in [5, 5.41) is 20.5. The van der Waals surface area contributed by atoms with E-state index in [9.17, 15) is 24.5 Å². The fourth-order valence-corrected chi connectivity index (χ4v) is 3.37. The zero-order valence-corrected chi connectivity index (χ0v) is 15.2. The fourth-order valence-electron chi connectivity index (χ4n) is 2.89. The molecule has 0 aromatic carbocycles. The van der Waals surface area contributed by atoms with E-state index in [2.05, 4.69) is 4.52 Å². The molecule has 0 bridgehead atoms. The number of aromatic nitrogens is 1. The number of nitrogens with zero attached hydrogens (tertiary/aromatic N) is 2. The number of aliphatic hydroxyl groups is 2. The summed E-state index contributed by atoms with van der Waals surface area (Å²) in [6.07, 6.45) is 1.41. The predicted octanol–water partition coefficient (Wildman–Crippen LogP) is -0.278. The minimum atomic E-state index is -4.15. The topological polar surface area (TPSA) is 120 Å². The first-order chi connectivity index (χ1) is 11.7. The van der Waals surface area contributed by atoms with Gasteiger partial charge < -0.3 is 20.0 Å². The lowest BCUT2D eigenvalue weighted by Crippen LogP contribution is -2.46. The Bertz CT molecular complexity index is 669. The Morgan fingerprint density at radius 2 is 2.08 bits per heavy atom. The van der Waals surface area contributed by atoms with E-state index in [-0.39, 0.29) is 12.5 Å². The highest BCUT2D eigenvalue weighted by Gasteiger charge is 2.47. The summed E-state index contributed by atoms with van der Waals surface area (Å²) in [6.45, 7) is -0.229. The van der Waals surface area contributed by atoms with E-state index >= 15 is 0 Å². The highest BCUT2D eigenvalue weighted by Crippen LogP contribution is 2.44. The van der Waals surface area contributed by atoms with E-state index in [1.807, 2.05) is 0 Å². The largest absolute Gasteiger partial charge is 0.471 e. The molecule has 10 heteroatoms. The maximum Gasteiger partial charge on any atom is 0.471 e. The molecule has 1 aliphatic rings. The van der Waals surface area contributed by atoms with Crippen LogP contribution in [0.1, 0.15) is 22.8 Å². The summed E-state index contributed by atoms with van der Waals surface area (Å²) in [7, 11) is 0.189. The van der Waals surface area contributed by atoms with Gasteiger partial charge in [-0.3, -0.25) is 13.8 Å². The van der Waals surface area contributed by atoms with Crippen LogP contribution >= 0.6 is 7.82 Å². The van der Waals surface area contributed by atoms with Crippen molar-refractivity contribution in [1.82, 2.24) is 4.90 Å². The summed E-state index contributed by atoms with van der Waals surface area (Å²) in [6, 6.07) is 2.86. The van der Waals surface area contributed by atoms with Crippen LogP contribution in [0.3, 0.4) is 0 Å². The third-order valence-electron chi connectivity index (χ3n) is 4.31. The molecule has 140 valence electrons. The molecule has 1 amide bonds. The second kappa shape index (κ2) is 7.90. The minimum absolute atomic E-state index is 0.177. The molecule has 0 radical (unpaired) electrons. The van der Waals surface area contributed by atoms with Crippen molar-refractivity contribution in [3.63, 3.8) is 0 Å². The summed E-state index contributed by atoms with van der Waals surface area (Å²) in [5.74, 6) is -0.722. The van der Waals surface area contributed by atoms with E-state index in [0.29, 0.717) is 12.0 Å². The number of phosphoric ester groups is 1. The van der Waals surface area contributed by atoms with Gasteiger partial charge >= 0.3 is 7.82 Å². The van der Waals surface area contributed by atoms with Gasteiger partial charge in [0.1, 0.15) is 11.7 Å². The van der Waals surface area contributed by atoms with Gasteiger partial charge in [0, 0.05) is 39.6 Å². The van der Waals surface area contributed by atoms with Gasteiger partial charge in [-0.1, -0.05) is 0 Å². The number of hydrogen-bond acceptors (Lipinski definition) is 6. The average Bonchev–Trinajstić information content (AvgIpc) is 2.87. The summed E-state index contributed by atoms with van der Waals surface area (Å²) in [5.41, 5.74) is 0.452. The number of rotatable bonds is 6. The number of carbonyl (C=O) groups excluding carboxylic acids is 1. The second-order valence-corrected chi connectivity index (χ2v) is 7.79. The van der Waals surface area contributed by atoms with Crippen LogP contribution < -0.4 is 4.57 Å². The van der Waals surface area contributed by atoms with Crippen molar-refractivity contribution in [2.75, 3.05) is 27.8 Å². The van der Waals surface area contributed by atoms with Crippen LogP contribution in [-0.4, -0.2) is 65.9 Å². The Balaban J connectivity index is 2.14. The fraction of sp³-hybridized carbons (Fsp3) is 0.600. The first-order valence-corrected chi connectivity index (χ1v) is 9.27. The van der Waals surface area contributed by atoms with Crippen LogP contribution in [0, 0.1) is 5.92 Å². The Labute approximate surface area is 146 Å². The van der Waals surface area contributed by atoms with Crippen molar-refractivity contribution in [3.8, 4) is 0 Å². The molecule has 1 aromatic rings. The summed E-state index contributed by atoms with van der Waals surface area (Å²) < 4.78 is 22.2. The van der Waals surface area contributed by atoms with Crippen molar-refractivity contribution in [2.24, 2.45) is 5.92 Å². The molecular formula is C15H24N2O7P+. The quantitative estimate of drug-likeness (QED) is 0.462. The molecule has 9 nitrogen and oxygen atoms in total. The maximum atomic E-state index is 12.1. The van der Waals surface area contributed by atoms with Crippen LogP contribution in [0.15, 0.2) is 24.5 Å². The lowest BCUT2D eigenvalue weighted by molar-refractivity contribution is -0.728. The Hall–Kier alpha value is -1.35. The summed E-state index contributed by atoms with van der Waals surface area (Å²) >= 11 is 0. The van der Waals surface area contributed by atoms with Gasteiger partial charge in [0.05, 0.1) is 12.7 Å². The molecule has 1 heterocycles. The van der Waals surface area contributed by atoms with Crippen LogP contribution in [-0.2, 0) is 13.6 Å². The van der Waals surface area contributed by atoms with E-state index in [1.165, 1.54) is 4.90 Å². The van der Waals surface area contributed by atoms with Crippen molar-refractivity contribution in [3.05, 3.63) is 30.1 Å². The normalized spacial score (nSPS) is 28.6. The molecule has 5 unspecified atom stereocenters. The molecule has 25 heavy (non-hydrogen) atoms. The van der Waals surface area contributed by atoms with E-state index in [4.69, 9.17) is 4.52 Å². The molecular weight excluding hydrogens is 351 g/mol. The van der Waals surface area contributed by atoms with Gasteiger partial charge in [-0.05, 0) is 6.07 Å². The zero-order chi connectivity index (χ0) is 18.8. The Morgan fingerprint density at radius 3 is 2.68 bits per heavy atom. The van der Waals surface area contributed by atoms with Crippen LogP contribution in [0.25, 0.3) is 0 Å². The minimum Gasteiger partial charge on any atom is -0.390 e. The van der Waals surface area contributed by atoms with Crippen LogP contribution in [0.2, 0.25) is 0 Å². The van der Waals surface area contributed by atoms with Crippen LogP contribution in [0.4, 0.5) is 0 Å². The maximum absolute atomic E-state index is 12.1. The van der Waals surface area contributed by atoms with Gasteiger partial charge in [0.25, 0.3) is 5.91 Å². The predicted molar refractivity (Wildman–Crippen MR) is 86.6 cm³/mol. The molecule has 1 aromatic heterocycles. The van der Waals surface area contributed by atoms with Gasteiger partial charge in [-0.25, -0.2) is 4.57 Å². The van der Waals surface area contributed by atoms with Gasteiger partial charge in [-0.2, -0.15) is 4.57 Å². The molecule has 1 aliphatic carbocycles. The number of aliphatic hydroxyl groups excluding tert-OH is 2. The molecule has 1 saturated carbocycles. The Kier molecular flexibility index (Phi) is 6.31. The first kappa shape index (κ1) is 20.0. The number of phosphoric acid groups is 1. The lowest BCUT2D eigenvalue weighted by atomic mass is 10.1. The zero-order valence-electron chi connectivity index (χ0n) is 14.3. The van der Waals surface area contributed by atoms with Crippen LogP contribution in [0.5, 0.6) is 0 Å². The monoisotopic (exact) mass is 375 g/mol. The highest BCUT2D eigenvalue weighted by atomic mass is 31.2. The molecule has 5 atom stereocenters. The van der Waals surface area contributed by atoms with E-state index in [0.717, 1.165) is 7.11 Å². The second-order valence-electron chi connectivity index (χ2n) is 6.23. The molecule has 0 saturated heterocycles. The SMILES string of the molecule is COP(=O)(O)OCC1CC([n+]2cccc(C(=O)N(C)C)c2)C(O)C1O. The average molecular weight is 375 g/mol. The Morgan fingerprint density at radius 1 is 1.40 bits per heavy atom. The molecule has 0 spiro atoms. The standard InChI is InChI=1S/C15H23N2O7P/c1-16(2)15(20)10-5-4-6-17(8-10)12-7-11(13(18)14(12)19)9-24-25(21,22)23-3/h4-6,8,11-14,18-19H,7,9H2,1-3H3/p+1. The molecule has 2 rings (SSSR count). The number of pyridine rings is 1. The van der Waals surface area contributed by atoms with Gasteiger partial charge in [0.2, 0.25) is 0 Å². The van der Waals surface area contributed by atoms with E-state index < -0.39 is 32.0 Å². The third-order valence-corrected chi connectivity index (χ3v) is 5.25. The molecule has 3 N–H and O–H groups in total. The number of amides is 1. The lowest BCUT2D eigenvalue weighted by Gasteiger charge is -2.16. The highest BCUT2D eigenvalue weighted by molar-refractivity contribution is 7.47. The smallest absolute Gasteiger partial charge is 0.390 e. The van der Waals surface area contributed by atoms with Gasteiger partial charge in [0.15, 0.2) is 18.4 Å². The third kappa shape index (κ3) is 4.63. The first-order valence-electron chi connectivity index (χ1n) is 7.78. The van der Waals surface area contributed by atoms with E-state index in [1.54, 1.807) is 43.2 Å².